The van der Waals surface area contributed by atoms with Gasteiger partial charge in [0.15, 0.2) is 0 Å². The van der Waals surface area contributed by atoms with E-state index in [9.17, 15) is 10.1 Å². The number of nitrogens with zero attached hydrogens (tertiary/aromatic N) is 1. The second-order valence-electron chi connectivity index (χ2n) is 4.69. The second kappa shape index (κ2) is 6.05. The molecule has 0 aliphatic heterocycles. The molecule has 0 saturated heterocycles. The summed E-state index contributed by atoms with van der Waals surface area (Å²) in [5, 5.41) is 14.2. The van der Waals surface area contributed by atoms with Crippen molar-refractivity contribution in [2.45, 2.75) is 20.4 Å². The van der Waals surface area contributed by atoms with E-state index < -0.39 is 0 Å². The first-order valence-electron chi connectivity index (χ1n) is 6.21. The van der Waals surface area contributed by atoms with Crippen molar-refractivity contribution in [1.82, 2.24) is 0 Å². The van der Waals surface area contributed by atoms with Crippen molar-refractivity contribution in [3.05, 3.63) is 67.7 Å². The summed E-state index contributed by atoms with van der Waals surface area (Å²) in [5.74, 6) is 0. The van der Waals surface area contributed by atoms with E-state index >= 15 is 0 Å². The third-order valence-electron chi connectivity index (χ3n) is 3.14. The molecule has 2 aromatic rings. The van der Waals surface area contributed by atoms with Crippen molar-refractivity contribution in [3.63, 3.8) is 0 Å². The molecule has 2 aromatic carbocycles. The Morgan fingerprint density at radius 2 is 1.80 bits per heavy atom. The number of halogens is 1. The van der Waals surface area contributed by atoms with Crippen LogP contribution in [0.25, 0.3) is 0 Å². The fourth-order valence-corrected chi connectivity index (χ4v) is 2.29. The van der Waals surface area contributed by atoms with Crippen LogP contribution in [0.5, 0.6) is 0 Å². The summed E-state index contributed by atoms with van der Waals surface area (Å²) >= 11 is 3.39. The first kappa shape index (κ1) is 14.5. The lowest BCUT2D eigenvalue weighted by Gasteiger charge is -2.11. The Bertz CT molecular complexity index is 639. The van der Waals surface area contributed by atoms with Gasteiger partial charge in [0.05, 0.1) is 4.92 Å². The maximum atomic E-state index is 11.0. The number of rotatable bonds is 4. The van der Waals surface area contributed by atoms with E-state index in [1.54, 1.807) is 13.0 Å². The van der Waals surface area contributed by atoms with Gasteiger partial charge >= 0.3 is 0 Å². The summed E-state index contributed by atoms with van der Waals surface area (Å²) in [6.45, 7) is 4.33. The topological polar surface area (TPSA) is 55.2 Å². The van der Waals surface area contributed by atoms with E-state index in [0.717, 1.165) is 21.3 Å². The van der Waals surface area contributed by atoms with Crippen LogP contribution in [0, 0.1) is 24.0 Å². The molecule has 0 aliphatic carbocycles. The van der Waals surface area contributed by atoms with E-state index in [1.165, 1.54) is 0 Å². The summed E-state index contributed by atoms with van der Waals surface area (Å²) in [6.07, 6.45) is 0. The molecule has 0 fully saturated rings. The Kier molecular flexibility index (Phi) is 4.39. The van der Waals surface area contributed by atoms with E-state index in [2.05, 4.69) is 21.2 Å². The van der Waals surface area contributed by atoms with Gasteiger partial charge in [0.1, 0.15) is 0 Å². The van der Waals surface area contributed by atoms with Gasteiger partial charge in [-0.2, -0.15) is 0 Å². The van der Waals surface area contributed by atoms with Gasteiger partial charge in [-0.25, -0.2) is 0 Å². The van der Waals surface area contributed by atoms with E-state index in [1.807, 2.05) is 37.3 Å². The van der Waals surface area contributed by atoms with Crippen LogP contribution in [0.1, 0.15) is 16.7 Å². The number of nitro groups is 1. The van der Waals surface area contributed by atoms with Gasteiger partial charge in [-0.3, -0.25) is 10.1 Å². The van der Waals surface area contributed by atoms with Crippen molar-refractivity contribution in [1.29, 1.82) is 0 Å². The Labute approximate surface area is 126 Å². The standard InChI is InChI=1S/C15H15BrN2O2/c1-10-7-11(2)15(18(19)20)8-14(10)17-9-12-3-5-13(16)6-4-12/h3-8,17H,9H2,1-2H3. The molecule has 104 valence electrons. The zero-order chi connectivity index (χ0) is 14.7. The van der Waals surface area contributed by atoms with Gasteiger partial charge in [0.25, 0.3) is 5.69 Å². The highest BCUT2D eigenvalue weighted by molar-refractivity contribution is 9.10. The molecule has 20 heavy (non-hydrogen) atoms. The largest absolute Gasteiger partial charge is 0.381 e. The van der Waals surface area contributed by atoms with Crippen LogP contribution in [0.3, 0.4) is 0 Å². The first-order valence-corrected chi connectivity index (χ1v) is 7.00. The van der Waals surface area contributed by atoms with E-state index in [4.69, 9.17) is 0 Å². The average Bonchev–Trinajstić information content (AvgIpc) is 2.39. The van der Waals surface area contributed by atoms with Gasteiger partial charge in [-0.1, -0.05) is 28.1 Å². The number of nitro benzene ring substituents is 1. The van der Waals surface area contributed by atoms with E-state index in [0.29, 0.717) is 12.1 Å². The molecule has 4 nitrogen and oxygen atoms in total. The van der Waals surface area contributed by atoms with E-state index in [-0.39, 0.29) is 10.6 Å². The summed E-state index contributed by atoms with van der Waals surface area (Å²) in [7, 11) is 0. The molecule has 0 spiro atoms. The molecule has 0 atom stereocenters. The van der Waals surface area contributed by atoms with Crippen LogP contribution in [-0.4, -0.2) is 4.92 Å². The third kappa shape index (κ3) is 3.36. The molecule has 0 aliphatic rings. The Morgan fingerprint density at radius 1 is 1.15 bits per heavy atom. The fraction of sp³-hybridized carbons (Fsp3) is 0.200. The second-order valence-corrected chi connectivity index (χ2v) is 5.61. The number of hydrogen-bond donors (Lipinski definition) is 1. The van der Waals surface area contributed by atoms with Gasteiger partial charge < -0.3 is 5.32 Å². The van der Waals surface area contributed by atoms with Crippen molar-refractivity contribution >= 4 is 27.3 Å². The minimum Gasteiger partial charge on any atom is -0.381 e. The number of anilines is 1. The monoisotopic (exact) mass is 334 g/mol. The number of benzene rings is 2. The van der Waals surface area contributed by atoms with Gasteiger partial charge in [0, 0.05) is 28.3 Å². The Morgan fingerprint density at radius 3 is 2.40 bits per heavy atom. The van der Waals surface area contributed by atoms with Crippen molar-refractivity contribution < 1.29 is 4.92 Å². The number of aryl methyl sites for hydroxylation is 2. The van der Waals surface area contributed by atoms with Crippen LogP contribution in [0.15, 0.2) is 40.9 Å². The summed E-state index contributed by atoms with van der Waals surface area (Å²) < 4.78 is 1.03. The lowest BCUT2D eigenvalue weighted by molar-refractivity contribution is -0.385. The highest BCUT2D eigenvalue weighted by Gasteiger charge is 2.13. The van der Waals surface area contributed by atoms with Crippen LogP contribution in [-0.2, 0) is 6.54 Å². The summed E-state index contributed by atoms with van der Waals surface area (Å²) in [5.41, 5.74) is 3.75. The fourth-order valence-electron chi connectivity index (χ4n) is 2.03. The van der Waals surface area contributed by atoms with Crippen LogP contribution < -0.4 is 5.32 Å². The zero-order valence-electron chi connectivity index (χ0n) is 11.3. The smallest absolute Gasteiger partial charge is 0.274 e. The maximum absolute atomic E-state index is 11.0. The summed E-state index contributed by atoms with van der Waals surface area (Å²) in [4.78, 5) is 10.6. The van der Waals surface area contributed by atoms with Gasteiger partial charge in [-0.15, -0.1) is 0 Å². The summed E-state index contributed by atoms with van der Waals surface area (Å²) in [6, 6.07) is 11.4. The quantitative estimate of drug-likeness (QED) is 0.657. The Balaban J connectivity index is 2.18. The molecule has 1 N–H and O–H groups in total. The SMILES string of the molecule is Cc1cc(C)c([N+](=O)[O-])cc1NCc1ccc(Br)cc1. The number of nitrogens with one attached hydrogen (secondary N) is 1. The van der Waals surface area contributed by atoms with Crippen LogP contribution in [0.4, 0.5) is 11.4 Å². The minimum atomic E-state index is -0.348. The molecular weight excluding hydrogens is 320 g/mol. The van der Waals surface area contributed by atoms with Crippen molar-refractivity contribution in [2.75, 3.05) is 5.32 Å². The lowest BCUT2D eigenvalue weighted by Crippen LogP contribution is -2.03. The number of hydrogen-bond acceptors (Lipinski definition) is 3. The first-order chi connectivity index (χ1) is 9.47. The molecule has 5 heteroatoms. The molecule has 2 rings (SSSR count). The van der Waals surface area contributed by atoms with Crippen molar-refractivity contribution in [2.24, 2.45) is 0 Å². The third-order valence-corrected chi connectivity index (χ3v) is 3.66. The maximum Gasteiger partial charge on any atom is 0.274 e. The average molecular weight is 335 g/mol. The van der Waals surface area contributed by atoms with Crippen molar-refractivity contribution in [3.8, 4) is 0 Å². The predicted octanol–water partition coefficient (Wildman–Crippen LogP) is 4.59. The molecule has 0 saturated carbocycles. The molecule has 0 heterocycles. The minimum absolute atomic E-state index is 0.147. The molecule has 0 amide bonds. The molecule has 0 radical (unpaired) electrons. The predicted molar refractivity (Wildman–Crippen MR) is 84.0 cm³/mol. The normalized spacial score (nSPS) is 10.3. The van der Waals surface area contributed by atoms with Crippen LogP contribution >= 0.6 is 15.9 Å². The lowest BCUT2D eigenvalue weighted by atomic mass is 10.1. The van der Waals surface area contributed by atoms with Crippen LogP contribution in [0.2, 0.25) is 0 Å². The van der Waals surface area contributed by atoms with Gasteiger partial charge in [0.2, 0.25) is 0 Å². The molecule has 0 bridgehead atoms. The zero-order valence-corrected chi connectivity index (χ0v) is 12.9. The Hall–Kier alpha value is -1.88. The molecular formula is C15H15BrN2O2. The molecule has 0 aromatic heterocycles. The van der Waals surface area contributed by atoms with Gasteiger partial charge in [-0.05, 0) is 43.2 Å². The highest BCUT2D eigenvalue weighted by atomic mass is 79.9. The molecule has 0 unspecified atom stereocenters. The highest BCUT2D eigenvalue weighted by Crippen LogP contribution is 2.26.